The van der Waals surface area contributed by atoms with Crippen molar-refractivity contribution >= 4 is 39.9 Å². The smallest absolute Gasteiger partial charge is 0.255 e. The highest BCUT2D eigenvalue weighted by Crippen LogP contribution is 2.40. The predicted molar refractivity (Wildman–Crippen MR) is 109 cm³/mol. The Kier molecular flexibility index (Phi) is 4.78. The van der Waals surface area contributed by atoms with Crippen LogP contribution in [0.5, 0.6) is 0 Å². The highest BCUT2D eigenvalue weighted by molar-refractivity contribution is 7.16. The van der Waals surface area contributed by atoms with Gasteiger partial charge in [0, 0.05) is 30.1 Å². The van der Waals surface area contributed by atoms with Crippen molar-refractivity contribution in [2.75, 3.05) is 6.54 Å². The van der Waals surface area contributed by atoms with E-state index in [1.54, 1.807) is 15.7 Å². The molecule has 1 fully saturated rings. The van der Waals surface area contributed by atoms with E-state index in [9.17, 15) is 4.79 Å². The van der Waals surface area contributed by atoms with E-state index in [0.717, 1.165) is 44.5 Å². The summed E-state index contributed by atoms with van der Waals surface area (Å²) in [7, 11) is 1.88. The number of rotatable bonds is 6. The van der Waals surface area contributed by atoms with Crippen LogP contribution in [0.4, 0.5) is 0 Å². The van der Waals surface area contributed by atoms with Crippen LogP contribution in [-0.4, -0.2) is 32.1 Å². The van der Waals surface area contributed by atoms with Crippen LogP contribution in [0.25, 0.3) is 11.0 Å². The summed E-state index contributed by atoms with van der Waals surface area (Å²) in [5.74, 6) is 0.435. The van der Waals surface area contributed by atoms with Crippen LogP contribution in [0.2, 0.25) is 4.34 Å². The maximum atomic E-state index is 13.5. The molecule has 27 heavy (non-hydrogen) atoms. The summed E-state index contributed by atoms with van der Waals surface area (Å²) in [5.41, 5.74) is 3.27. The van der Waals surface area contributed by atoms with Crippen molar-refractivity contribution in [2.24, 2.45) is 7.05 Å². The molecule has 0 unspecified atom stereocenters. The number of pyridine rings is 1. The van der Waals surface area contributed by atoms with Crippen molar-refractivity contribution in [3.8, 4) is 0 Å². The second-order valence-corrected chi connectivity index (χ2v) is 8.76. The maximum Gasteiger partial charge on any atom is 0.255 e. The monoisotopic (exact) mass is 400 g/mol. The van der Waals surface area contributed by atoms with Gasteiger partial charge in [-0.2, -0.15) is 5.10 Å². The topological polar surface area (TPSA) is 51.0 Å². The summed E-state index contributed by atoms with van der Waals surface area (Å²) in [6, 6.07) is 5.79. The molecule has 140 valence electrons. The molecule has 3 heterocycles. The highest BCUT2D eigenvalue weighted by atomic mass is 35.5. The van der Waals surface area contributed by atoms with Gasteiger partial charge in [-0.25, -0.2) is 4.98 Å². The Balaban J connectivity index is 1.78. The Morgan fingerprint density at radius 1 is 1.48 bits per heavy atom. The Hall–Kier alpha value is -2.18. The van der Waals surface area contributed by atoms with Crippen molar-refractivity contribution in [1.29, 1.82) is 0 Å². The quantitative estimate of drug-likeness (QED) is 0.563. The van der Waals surface area contributed by atoms with E-state index in [0.29, 0.717) is 24.6 Å². The second kappa shape index (κ2) is 7.09. The summed E-state index contributed by atoms with van der Waals surface area (Å²) in [5, 5.41) is 5.33. The van der Waals surface area contributed by atoms with Crippen LogP contribution in [0.3, 0.4) is 0 Å². The van der Waals surface area contributed by atoms with Crippen LogP contribution in [-0.2, 0) is 13.6 Å². The number of hydrogen-bond donors (Lipinski definition) is 0. The molecule has 0 spiro atoms. The first-order valence-corrected chi connectivity index (χ1v) is 10.2. The molecule has 1 saturated carbocycles. The largest absolute Gasteiger partial charge is 0.330 e. The van der Waals surface area contributed by atoms with Crippen LogP contribution in [0.1, 0.15) is 45.4 Å². The van der Waals surface area contributed by atoms with E-state index >= 15 is 0 Å². The number of carbonyl (C=O) groups is 1. The van der Waals surface area contributed by atoms with E-state index in [-0.39, 0.29) is 5.91 Å². The van der Waals surface area contributed by atoms with Crippen molar-refractivity contribution < 1.29 is 4.79 Å². The molecular weight excluding hydrogens is 380 g/mol. The molecule has 0 saturated heterocycles. The molecule has 0 atom stereocenters. The average Bonchev–Trinajstić information content (AvgIpc) is 3.35. The number of nitrogens with zero attached hydrogens (tertiary/aromatic N) is 4. The SMILES string of the molecule is C=CCN(Cc1ccc(Cl)s1)C(=O)c1cc(C2CC2)nc2c1c(C)nn2C. The zero-order valence-corrected chi connectivity index (χ0v) is 17.0. The molecule has 4 rings (SSSR count). The van der Waals surface area contributed by atoms with E-state index < -0.39 is 0 Å². The summed E-state index contributed by atoms with van der Waals surface area (Å²) in [6.45, 7) is 6.72. The van der Waals surface area contributed by atoms with E-state index in [1.807, 2.05) is 32.2 Å². The van der Waals surface area contributed by atoms with Gasteiger partial charge in [-0.1, -0.05) is 17.7 Å². The zero-order valence-electron chi connectivity index (χ0n) is 15.4. The first-order valence-electron chi connectivity index (χ1n) is 8.96. The highest BCUT2D eigenvalue weighted by Gasteiger charge is 2.29. The van der Waals surface area contributed by atoms with Crippen LogP contribution < -0.4 is 0 Å². The third-order valence-corrected chi connectivity index (χ3v) is 6.04. The minimum atomic E-state index is -0.0233. The van der Waals surface area contributed by atoms with Crippen molar-refractivity contribution in [1.82, 2.24) is 19.7 Å². The van der Waals surface area contributed by atoms with Gasteiger partial charge in [-0.3, -0.25) is 9.48 Å². The first-order chi connectivity index (χ1) is 13.0. The van der Waals surface area contributed by atoms with Gasteiger partial charge in [0.25, 0.3) is 5.91 Å². The lowest BCUT2D eigenvalue weighted by Crippen LogP contribution is -2.30. The summed E-state index contributed by atoms with van der Waals surface area (Å²) in [6.07, 6.45) is 4.02. The molecule has 0 N–H and O–H groups in total. The molecule has 7 heteroatoms. The molecule has 5 nitrogen and oxygen atoms in total. The maximum absolute atomic E-state index is 13.5. The summed E-state index contributed by atoms with van der Waals surface area (Å²) >= 11 is 7.55. The lowest BCUT2D eigenvalue weighted by molar-refractivity contribution is 0.0766. The number of amides is 1. The van der Waals surface area contributed by atoms with Crippen molar-refractivity contribution in [3.63, 3.8) is 0 Å². The van der Waals surface area contributed by atoms with Crippen LogP contribution in [0, 0.1) is 6.92 Å². The number of hydrogen-bond acceptors (Lipinski definition) is 4. The Labute approximate surface area is 167 Å². The van der Waals surface area contributed by atoms with Gasteiger partial charge in [-0.05, 0) is 38.0 Å². The number of carbonyl (C=O) groups excluding carboxylic acids is 1. The van der Waals surface area contributed by atoms with Gasteiger partial charge in [0.1, 0.15) is 0 Å². The zero-order chi connectivity index (χ0) is 19.1. The molecule has 3 aromatic rings. The van der Waals surface area contributed by atoms with Gasteiger partial charge in [0.2, 0.25) is 0 Å². The number of aryl methyl sites for hydroxylation is 2. The summed E-state index contributed by atoms with van der Waals surface area (Å²) < 4.78 is 2.49. The average molecular weight is 401 g/mol. The van der Waals surface area contributed by atoms with Crippen molar-refractivity contribution in [2.45, 2.75) is 32.2 Å². The molecule has 0 radical (unpaired) electrons. The third-order valence-electron chi connectivity index (χ3n) is 4.83. The predicted octanol–water partition coefficient (Wildman–Crippen LogP) is 4.70. The van der Waals surface area contributed by atoms with Gasteiger partial charge >= 0.3 is 0 Å². The number of thiophene rings is 1. The molecule has 0 aromatic carbocycles. The standard InChI is InChI=1S/C20H21ClN4OS/c1-4-9-25(11-14-7-8-17(21)27-14)20(26)15-10-16(13-5-6-13)22-19-18(15)12(2)23-24(19)3/h4,7-8,10,13H,1,5-6,9,11H2,2-3H3. The molecule has 3 aromatic heterocycles. The van der Waals surface area contributed by atoms with E-state index in [1.165, 1.54) is 11.3 Å². The Morgan fingerprint density at radius 3 is 2.89 bits per heavy atom. The Bertz CT molecular complexity index is 1030. The van der Waals surface area contributed by atoms with Gasteiger partial charge in [0.15, 0.2) is 5.65 Å². The molecule has 1 aliphatic rings. The molecule has 0 aliphatic heterocycles. The number of fused-ring (bicyclic) bond motifs is 1. The minimum absolute atomic E-state index is 0.0233. The minimum Gasteiger partial charge on any atom is -0.330 e. The van der Waals surface area contributed by atoms with E-state index in [2.05, 4.69) is 11.7 Å². The lowest BCUT2D eigenvalue weighted by Gasteiger charge is -2.21. The molecule has 1 aliphatic carbocycles. The molecule has 0 bridgehead atoms. The molecular formula is C20H21ClN4OS. The normalized spacial score (nSPS) is 13.9. The van der Waals surface area contributed by atoms with Gasteiger partial charge < -0.3 is 4.90 Å². The fraction of sp³-hybridized carbons (Fsp3) is 0.350. The fourth-order valence-electron chi connectivity index (χ4n) is 3.39. The van der Waals surface area contributed by atoms with Gasteiger partial charge in [0.05, 0.1) is 27.5 Å². The lowest BCUT2D eigenvalue weighted by atomic mass is 10.1. The molecule has 1 amide bonds. The second-order valence-electron chi connectivity index (χ2n) is 6.96. The Morgan fingerprint density at radius 2 is 2.26 bits per heavy atom. The first kappa shape index (κ1) is 18.2. The van der Waals surface area contributed by atoms with E-state index in [4.69, 9.17) is 16.6 Å². The number of halogens is 1. The third kappa shape index (κ3) is 3.51. The van der Waals surface area contributed by atoms with Crippen LogP contribution in [0.15, 0.2) is 30.9 Å². The van der Waals surface area contributed by atoms with Gasteiger partial charge in [-0.15, -0.1) is 17.9 Å². The number of aromatic nitrogens is 3. The van der Waals surface area contributed by atoms with Crippen molar-refractivity contribution in [3.05, 3.63) is 57.0 Å². The summed E-state index contributed by atoms with van der Waals surface area (Å²) in [4.78, 5) is 21.1. The van der Waals surface area contributed by atoms with Crippen LogP contribution >= 0.6 is 22.9 Å². The fourth-order valence-corrected chi connectivity index (χ4v) is 4.49.